The fourth-order valence-corrected chi connectivity index (χ4v) is 3.85. The van der Waals surface area contributed by atoms with E-state index in [0.717, 1.165) is 22.8 Å². The third kappa shape index (κ3) is 3.80. The number of aromatic nitrogens is 1. The van der Waals surface area contributed by atoms with Crippen LogP contribution in [0.1, 0.15) is 10.6 Å². The molecule has 9 nitrogen and oxygen atoms in total. The van der Waals surface area contributed by atoms with Crippen molar-refractivity contribution in [3.05, 3.63) is 79.0 Å². The van der Waals surface area contributed by atoms with Gasteiger partial charge in [0.2, 0.25) is 5.75 Å². The zero-order chi connectivity index (χ0) is 22.8. The van der Waals surface area contributed by atoms with Gasteiger partial charge in [0.05, 0.1) is 28.9 Å². The summed E-state index contributed by atoms with van der Waals surface area (Å²) in [6, 6.07) is 13.3. The number of benzene rings is 2. The number of nitrogens with zero attached hydrogens (tertiary/aromatic N) is 3. The van der Waals surface area contributed by atoms with Gasteiger partial charge < -0.3 is 14.3 Å². The second-order valence-electron chi connectivity index (χ2n) is 6.54. The number of para-hydroxylation sites is 1. The van der Waals surface area contributed by atoms with Crippen LogP contribution in [0, 0.1) is 21.4 Å². The lowest BCUT2D eigenvalue weighted by molar-refractivity contribution is -0.386. The number of nitro benzene ring substituents is 1. The van der Waals surface area contributed by atoms with E-state index < -0.39 is 22.0 Å². The molecule has 2 heterocycles. The van der Waals surface area contributed by atoms with E-state index in [-0.39, 0.29) is 22.4 Å². The van der Waals surface area contributed by atoms with Crippen LogP contribution < -0.4 is 10.4 Å². The highest BCUT2D eigenvalue weighted by atomic mass is 32.1. The normalized spacial score (nSPS) is 11.3. The Kier molecular flexibility index (Phi) is 5.41. The second-order valence-corrected chi connectivity index (χ2v) is 7.40. The molecule has 0 saturated heterocycles. The van der Waals surface area contributed by atoms with E-state index in [1.165, 1.54) is 19.3 Å². The van der Waals surface area contributed by atoms with Crippen molar-refractivity contribution < 1.29 is 19.2 Å². The summed E-state index contributed by atoms with van der Waals surface area (Å²) in [5, 5.41) is 33.4. The summed E-state index contributed by atoms with van der Waals surface area (Å²) in [6.07, 6.45) is 1.39. The molecular weight excluding hydrogens is 434 g/mol. The van der Waals surface area contributed by atoms with E-state index in [1.54, 1.807) is 29.6 Å². The number of phenolic OH excluding ortho intramolecular Hbond substituents is 1. The van der Waals surface area contributed by atoms with Crippen LogP contribution in [0.2, 0.25) is 0 Å². The number of fused-ring (bicyclic) bond motifs is 1. The number of nitriles is 1. The minimum absolute atomic E-state index is 0.101. The Morgan fingerprint density at radius 2 is 2.12 bits per heavy atom. The first-order valence-corrected chi connectivity index (χ1v) is 9.95. The third-order valence-corrected chi connectivity index (χ3v) is 5.45. The smallest absolute Gasteiger partial charge is 0.345 e. The lowest BCUT2D eigenvalue weighted by Crippen LogP contribution is -2.02. The Bertz CT molecular complexity index is 1500. The lowest BCUT2D eigenvalue weighted by atomic mass is 10.1. The van der Waals surface area contributed by atoms with Crippen LogP contribution in [-0.2, 0) is 0 Å². The highest BCUT2D eigenvalue weighted by molar-refractivity contribution is 7.11. The number of thiazole rings is 1. The Labute approximate surface area is 184 Å². The maximum atomic E-state index is 12.4. The van der Waals surface area contributed by atoms with Gasteiger partial charge in [-0.05, 0) is 29.8 Å². The highest BCUT2D eigenvalue weighted by Gasteiger charge is 2.20. The van der Waals surface area contributed by atoms with Gasteiger partial charge in [-0.1, -0.05) is 18.2 Å². The molecule has 4 aromatic rings. The molecule has 2 aromatic heterocycles. The number of aromatic hydroxyl groups is 1. The number of hydrogen-bond acceptors (Lipinski definition) is 9. The molecule has 2 aromatic carbocycles. The molecule has 0 spiro atoms. The van der Waals surface area contributed by atoms with Crippen LogP contribution in [0.15, 0.2) is 57.1 Å². The summed E-state index contributed by atoms with van der Waals surface area (Å²) < 4.78 is 10.3. The topological polar surface area (TPSA) is 139 Å². The molecule has 0 aliphatic rings. The van der Waals surface area contributed by atoms with Gasteiger partial charge in [0.25, 0.3) is 0 Å². The number of phenols is 1. The molecular formula is C22H13N3O6S. The molecule has 0 saturated carbocycles. The van der Waals surface area contributed by atoms with Crippen LogP contribution in [0.5, 0.6) is 11.5 Å². The number of rotatable bonds is 5. The molecule has 32 heavy (non-hydrogen) atoms. The fourth-order valence-electron chi connectivity index (χ4n) is 3.06. The van der Waals surface area contributed by atoms with Gasteiger partial charge in [0.1, 0.15) is 16.7 Å². The molecule has 0 amide bonds. The monoisotopic (exact) mass is 447 g/mol. The first-order valence-electron chi connectivity index (χ1n) is 9.07. The quantitative estimate of drug-likeness (QED) is 0.203. The van der Waals surface area contributed by atoms with Crippen molar-refractivity contribution in [1.82, 2.24) is 4.98 Å². The summed E-state index contributed by atoms with van der Waals surface area (Å²) in [7, 11) is 1.26. The van der Waals surface area contributed by atoms with Crippen LogP contribution in [0.25, 0.3) is 33.9 Å². The predicted octanol–water partition coefficient (Wildman–Crippen LogP) is 4.60. The number of ether oxygens (including phenoxy) is 1. The van der Waals surface area contributed by atoms with Crippen molar-refractivity contribution >= 4 is 39.6 Å². The van der Waals surface area contributed by atoms with Gasteiger partial charge in [-0.3, -0.25) is 10.1 Å². The van der Waals surface area contributed by atoms with Crippen molar-refractivity contribution in [3.8, 4) is 28.8 Å². The minimum Gasteiger partial charge on any atom is -0.500 e. The molecule has 0 bridgehead atoms. The van der Waals surface area contributed by atoms with Crippen LogP contribution in [-0.4, -0.2) is 22.1 Å². The Balaban J connectivity index is 1.77. The Morgan fingerprint density at radius 1 is 1.34 bits per heavy atom. The van der Waals surface area contributed by atoms with Gasteiger partial charge in [-0.2, -0.15) is 5.26 Å². The summed E-state index contributed by atoms with van der Waals surface area (Å²) in [5.41, 5.74) is 0.337. The zero-order valence-electron chi connectivity index (χ0n) is 16.4. The minimum atomic E-state index is -0.748. The van der Waals surface area contributed by atoms with Crippen molar-refractivity contribution in [2.45, 2.75) is 0 Å². The summed E-state index contributed by atoms with van der Waals surface area (Å²) in [4.78, 5) is 27.2. The molecule has 0 aliphatic carbocycles. The molecule has 0 aliphatic heterocycles. The van der Waals surface area contributed by atoms with Gasteiger partial charge in [0.15, 0.2) is 5.75 Å². The zero-order valence-corrected chi connectivity index (χ0v) is 17.3. The number of hydrogen-bond donors (Lipinski definition) is 1. The van der Waals surface area contributed by atoms with E-state index in [4.69, 9.17) is 9.15 Å². The maximum Gasteiger partial charge on any atom is 0.345 e. The Morgan fingerprint density at radius 3 is 2.84 bits per heavy atom. The van der Waals surface area contributed by atoms with Crippen molar-refractivity contribution in [2.24, 2.45) is 0 Å². The van der Waals surface area contributed by atoms with Crippen molar-refractivity contribution in [1.29, 1.82) is 5.26 Å². The summed E-state index contributed by atoms with van der Waals surface area (Å²) in [6.45, 7) is 0. The lowest BCUT2D eigenvalue weighted by Gasteiger charge is -2.05. The van der Waals surface area contributed by atoms with E-state index in [1.807, 2.05) is 12.1 Å². The first-order chi connectivity index (χ1) is 15.4. The largest absolute Gasteiger partial charge is 0.500 e. The Hall–Kier alpha value is -4.49. The molecule has 4 rings (SSSR count). The molecule has 0 atom stereocenters. The predicted molar refractivity (Wildman–Crippen MR) is 118 cm³/mol. The second kappa shape index (κ2) is 8.33. The number of nitro groups is 1. The number of methoxy groups -OCH3 is 1. The number of allylic oxidation sites excluding steroid dienone is 1. The van der Waals surface area contributed by atoms with Gasteiger partial charge >= 0.3 is 11.3 Å². The van der Waals surface area contributed by atoms with Crippen LogP contribution in [0.4, 0.5) is 5.69 Å². The maximum absolute atomic E-state index is 12.4. The van der Waals surface area contributed by atoms with Crippen LogP contribution >= 0.6 is 11.3 Å². The molecule has 0 radical (unpaired) electrons. The molecule has 0 fully saturated rings. The van der Waals surface area contributed by atoms with Crippen molar-refractivity contribution in [3.63, 3.8) is 0 Å². The molecule has 0 unspecified atom stereocenters. The van der Waals surface area contributed by atoms with E-state index in [0.29, 0.717) is 16.3 Å². The van der Waals surface area contributed by atoms with Gasteiger partial charge in [-0.15, -0.1) is 11.3 Å². The standard InChI is InChI=1S/C22H13N3O6S/c1-30-19-8-12(7-17(20(19)26)25(28)29)6-14(10-23)21-24-16(11-32-21)15-9-13-4-2-3-5-18(13)31-22(15)27/h2-9,11,26H,1H3/b14-6-. The van der Waals surface area contributed by atoms with E-state index in [9.17, 15) is 25.3 Å². The molecule has 1 N–H and O–H groups in total. The summed E-state index contributed by atoms with van der Waals surface area (Å²) in [5.74, 6) is -0.705. The molecule has 10 heteroatoms. The van der Waals surface area contributed by atoms with E-state index in [2.05, 4.69) is 4.98 Å². The third-order valence-electron chi connectivity index (χ3n) is 4.58. The average molecular weight is 447 g/mol. The molecule has 158 valence electrons. The van der Waals surface area contributed by atoms with Gasteiger partial charge in [0, 0.05) is 16.8 Å². The van der Waals surface area contributed by atoms with E-state index >= 15 is 0 Å². The summed E-state index contributed by atoms with van der Waals surface area (Å²) >= 11 is 1.14. The average Bonchev–Trinajstić information content (AvgIpc) is 3.27. The SMILES string of the molecule is COc1cc(/C=C(/C#N)c2nc(-c3cc4ccccc4oc3=O)cs2)cc([N+](=O)[O-])c1O. The van der Waals surface area contributed by atoms with Crippen LogP contribution in [0.3, 0.4) is 0 Å². The first kappa shape index (κ1) is 20.8. The highest BCUT2D eigenvalue weighted by Crippen LogP contribution is 2.38. The van der Waals surface area contributed by atoms with Gasteiger partial charge in [-0.25, -0.2) is 9.78 Å². The fraction of sp³-hybridized carbons (Fsp3) is 0.0455. The van der Waals surface area contributed by atoms with Crippen molar-refractivity contribution in [2.75, 3.05) is 7.11 Å².